The Morgan fingerprint density at radius 1 is 1.07 bits per heavy atom. The number of nitrogens with one attached hydrogen (secondary N) is 1. The fourth-order valence-electron chi connectivity index (χ4n) is 3.87. The zero-order chi connectivity index (χ0) is 18.8. The zero-order valence-corrected chi connectivity index (χ0v) is 15.2. The van der Waals surface area contributed by atoms with E-state index in [4.69, 9.17) is 5.73 Å². The molecule has 0 radical (unpaired) electrons. The standard InChI is InChI=1S/C22H23N3O2/c23-17-6-7-20-18(13-17)19(14-24-20)21(26)22(27)25-10-8-16(9-11-25)12-15-4-2-1-3-5-15/h1-7,13-14,16,24H,8-12,23H2. The average Bonchev–Trinajstić information content (AvgIpc) is 3.11. The van der Waals surface area contributed by atoms with Crippen molar-refractivity contribution in [3.8, 4) is 0 Å². The molecule has 4 rings (SSSR count). The lowest BCUT2D eigenvalue weighted by atomic mass is 9.90. The molecule has 1 aromatic heterocycles. The lowest BCUT2D eigenvalue weighted by molar-refractivity contribution is -0.127. The molecule has 5 nitrogen and oxygen atoms in total. The minimum Gasteiger partial charge on any atom is -0.399 e. The molecule has 1 fully saturated rings. The Hall–Kier alpha value is -3.08. The van der Waals surface area contributed by atoms with Crippen LogP contribution in [0.1, 0.15) is 28.8 Å². The number of carbonyl (C=O) groups is 2. The number of rotatable bonds is 4. The van der Waals surface area contributed by atoms with Gasteiger partial charge in [-0.25, -0.2) is 0 Å². The van der Waals surface area contributed by atoms with Gasteiger partial charge < -0.3 is 15.6 Å². The van der Waals surface area contributed by atoms with Crippen molar-refractivity contribution in [2.45, 2.75) is 19.3 Å². The summed E-state index contributed by atoms with van der Waals surface area (Å²) in [4.78, 5) is 30.2. The van der Waals surface area contributed by atoms with Gasteiger partial charge in [0.1, 0.15) is 0 Å². The number of piperidine rings is 1. The quantitative estimate of drug-likeness (QED) is 0.425. The van der Waals surface area contributed by atoms with Gasteiger partial charge in [0.2, 0.25) is 0 Å². The van der Waals surface area contributed by atoms with Gasteiger partial charge in [0.25, 0.3) is 11.7 Å². The molecule has 0 atom stereocenters. The van der Waals surface area contributed by atoms with Crippen molar-refractivity contribution >= 4 is 28.3 Å². The lowest BCUT2D eigenvalue weighted by Crippen LogP contribution is -2.42. The molecule has 2 aromatic carbocycles. The summed E-state index contributed by atoms with van der Waals surface area (Å²) in [6.45, 7) is 1.26. The van der Waals surface area contributed by atoms with Crippen molar-refractivity contribution < 1.29 is 9.59 Å². The molecule has 138 valence electrons. The van der Waals surface area contributed by atoms with Crippen LogP contribution in [-0.4, -0.2) is 34.7 Å². The molecule has 3 aromatic rings. The van der Waals surface area contributed by atoms with E-state index in [0.717, 1.165) is 24.8 Å². The highest BCUT2D eigenvalue weighted by atomic mass is 16.2. The van der Waals surface area contributed by atoms with Gasteiger partial charge in [-0.2, -0.15) is 0 Å². The van der Waals surface area contributed by atoms with E-state index in [0.29, 0.717) is 35.6 Å². The van der Waals surface area contributed by atoms with Crippen LogP contribution in [0.5, 0.6) is 0 Å². The summed E-state index contributed by atoms with van der Waals surface area (Å²) in [5.74, 6) is -0.329. The van der Waals surface area contributed by atoms with Crippen LogP contribution in [0.2, 0.25) is 0 Å². The van der Waals surface area contributed by atoms with Gasteiger partial charge >= 0.3 is 0 Å². The highest BCUT2D eigenvalue weighted by molar-refractivity contribution is 6.44. The first kappa shape index (κ1) is 17.3. The molecule has 3 N–H and O–H groups in total. The average molecular weight is 361 g/mol. The van der Waals surface area contributed by atoms with E-state index in [1.54, 1.807) is 23.2 Å². The number of benzene rings is 2. The summed E-state index contributed by atoms with van der Waals surface area (Å²) in [6.07, 6.45) is 4.48. The number of H-pyrrole nitrogens is 1. The third-order valence-corrected chi connectivity index (χ3v) is 5.41. The predicted octanol–water partition coefficient (Wildman–Crippen LogP) is 3.41. The molecular weight excluding hydrogens is 338 g/mol. The minimum atomic E-state index is -0.464. The Kier molecular flexibility index (Phi) is 4.67. The molecule has 1 aliphatic heterocycles. The number of amides is 1. The first-order valence-corrected chi connectivity index (χ1v) is 9.36. The van der Waals surface area contributed by atoms with Crippen LogP contribution in [0.3, 0.4) is 0 Å². The molecule has 0 spiro atoms. The molecule has 1 aliphatic rings. The van der Waals surface area contributed by atoms with Crippen LogP contribution in [0.4, 0.5) is 5.69 Å². The number of aromatic amines is 1. The highest BCUT2D eigenvalue weighted by Gasteiger charge is 2.29. The molecule has 1 saturated heterocycles. The number of nitrogens with zero attached hydrogens (tertiary/aromatic N) is 1. The van der Waals surface area contributed by atoms with Gasteiger partial charge in [-0.15, -0.1) is 0 Å². The number of hydrogen-bond acceptors (Lipinski definition) is 3. The Balaban J connectivity index is 1.41. The van der Waals surface area contributed by atoms with Crippen molar-refractivity contribution in [3.63, 3.8) is 0 Å². The van der Waals surface area contributed by atoms with E-state index in [-0.39, 0.29) is 0 Å². The van der Waals surface area contributed by atoms with E-state index < -0.39 is 11.7 Å². The number of nitrogens with two attached hydrogens (primary N) is 1. The summed E-state index contributed by atoms with van der Waals surface area (Å²) in [5, 5.41) is 0.701. The fraction of sp³-hybridized carbons (Fsp3) is 0.273. The molecule has 5 heteroatoms. The van der Waals surface area contributed by atoms with E-state index in [1.165, 1.54) is 5.56 Å². The van der Waals surface area contributed by atoms with Crippen molar-refractivity contribution in [1.82, 2.24) is 9.88 Å². The Bertz CT molecular complexity index is 970. The van der Waals surface area contributed by atoms with Crippen molar-refractivity contribution in [1.29, 1.82) is 0 Å². The SMILES string of the molecule is Nc1ccc2[nH]cc(C(=O)C(=O)N3CCC(Cc4ccccc4)CC3)c2c1. The van der Waals surface area contributed by atoms with Gasteiger partial charge in [-0.05, 0) is 48.9 Å². The Morgan fingerprint density at radius 2 is 1.81 bits per heavy atom. The summed E-state index contributed by atoms with van der Waals surface area (Å²) >= 11 is 0. The maximum Gasteiger partial charge on any atom is 0.295 e. The Labute approximate surface area is 158 Å². The number of ketones is 1. The number of nitrogen functional groups attached to an aromatic ring is 1. The number of fused-ring (bicyclic) bond motifs is 1. The monoisotopic (exact) mass is 361 g/mol. The number of Topliss-reactive ketones (excluding diaryl/α,β-unsaturated/α-hetero) is 1. The van der Waals surface area contributed by atoms with Crippen LogP contribution in [0.25, 0.3) is 10.9 Å². The van der Waals surface area contributed by atoms with Crippen LogP contribution < -0.4 is 5.73 Å². The van der Waals surface area contributed by atoms with E-state index >= 15 is 0 Å². The number of carbonyl (C=O) groups excluding carboxylic acids is 2. The lowest BCUT2D eigenvalue weighted by Gasteiger charge is -2.31. The largest absolute Gasteiger partial charge is 0.399 e. The maximum absolute atomic E-state index is 12.8. The second-order valence-corrected chi connectivity index (χ2v) is 7.26. The fourth-order valence-corrected chi connectivity index (χ4v) is 3.87. The van der Waals surface area contributed by atoms with Gasteiger partial charge in [-0.1, -0.05) is 30.3 Å². The highest BCUT2D eigenvalue weighted by Crippen LogP contribution is 2.25. The first-order chi connectivity index (χ1) is 13.1. The predicted molar refractivity (Wildman–Crippen MR) is 106 cm³/mol. The topological polar surface area (TPSA) is 79.2 Å². The first-order valence-electron chi connectivity index (χ1n) is 9.36. The van der Waals surface area contributed by atoms with Gasteiger partial charge in [0.05, 0.1) is 5.56 Å². The number of aromatic nitrogens is 1. The molecule has 0 saturated carbocycles. The number of anilines is 1. The molecule has 0 aliphatic carbocycles. The van der Waals surface area contributed by atoms with Crippen molar-refractivity contribution in [3.05, 3.63) is 65.9 Å². The van der Waals surface area contributed by atoms with E-state index in [1.807, 2.05) is 12.1 Å². The number of likely N-dealkylation sites (tertiary alicyclic amines) is 1. The van der Waals surface area contributed by atoms with Gasteiger partial charge in [0.15, 0.2) is 0 Å². The third-order valence-electron chi connectivity index (χ3n) is 5.41. The summed E-state index contributed by atoms with van der Waals surface area (Å²) in [7, 11) is 0. The summed E-state index contributed by atoms with van der Waals surface area (Å²) in [6, 6.07) is 15.7. The van der Waals surface area contributed by atoms with E-state index in [9.17, 15) is 9.59 Å². The molecular formula is C22H23N3O2. The smallest absolute Gasteiger partial charge is 0.295 e. The summed E-state index contributed by atoms with van der Waals surface area (Å²) in [5.41, 5.74) is 8.94. The molecule has 27 heavy (non-hydrogen) atoms. The number of hydrogen-bond donors (Lipinski definition) is 2. The second-order valence-electron chi connectivity index (χ2n) is 7.26. The van der Waals surface area contributed by atoms with Crippen LogP contribution >= 0.6 is 0 Å². The molecule has 0 bridgehead atoms. The molecule has 0 unspecified atom stereocenters. The van der Waals surface area contributed by atoms with Crippen LogP contribution in [-0.2, 0) is 11.2 Å². The Morgan fingerprint density at radius 3 is 2.56 bits per heavy atom. The molecule has 2 heterocycles. The minimum absolute atomic E-state index is 0.397. The van der Waals surface area contributed by atoms with Gasteiger partial charge in [0, 0.05) is 35.9 Å². The zero-order valence-electron chi connectivity index (χ0n) is 15.2. The van der Waals surface area contributed by atoms with Crippen molar-refractivity contribution in [2.24, 2.45) is 5.92 Å². The van der Waals surface area contributed by atoms with Crippen LogP contribution in [0, 0.1) is 5.92 Å². The summed E-state index contributed by atoms with van der Waals surface area (Å²) < 4.78 is 0. The van der Waals surface area contributed by atoms with E-state index in [2.05, 4.69) is 29.2 Å². The van der Waals surface area contributed by atoms with Gasteiger partial charge in [-0.3, -0.25) is 9.59 Å². The maximum atomic E-state index is 12.8. The normalized spacial score (nSPS) is 15.2. The van der Waals surface area contributed by atoms with Crippen molar-refractivity contribution in [2.75, 3.05) is 18.8 Å². The third kappa shape index (κ3) is 3.58. The van der Waals surface area contributed by atoms with Crippen LogP contribution in [0.15, 0.2) is 54.7 Å². The second kappa shape index (κ2) is 7.27. The molecule has 1 amide bonds.